The lowest BCUT2D eigenvalue weighted by atomic mass is 10.0. The van der Waals surface area contributed by atoms with Gasteiger partial charge < -0.3 is 9.64 Å². The molecule has 0 aliphatic carbocycles. The lowest BCUT2D eigenvalue weighted by Gasteiger charge is -2.20. The van der Waals surface area contributed by atoms with Crippen LogP contribution in [0.4, 0.5) is 0 Å². The van der Waals surface area contributed by atoms with E-state index in [-0.39, 0.29) is 5.91 Å². The van der Waals surface area contributed by atoms with Gasteiger partial charge >= 0.3 is 0 Å². The first-order valence-electron chi connectivity index (χ1n) is 7.64. The van der Waals surface area contributed by atoms with Gasteiger partial charge in [0, 0.05) is 31.5 Å². The van der Waals surface area contributed by atoms with Crippen LogP contribution in [0.1, 0.15) is 27.9 Å². The number of carbonyl (C=O) groups excluding carboxylic acids is 1. The van der Waals surface area contributed by atoms with Crippen molar-refractivity contribution >= 4 is 5.91 Å². The Bertz CT molecular complexity index is 655. The van der Waals surface area contributed by atoms with E-state index < -0.39 is 0 Å². The highest BCUT2D eigenvalue weighted by Gasteiger charge is 2.16. The quantitative estimate of drug-likeness (QED) is 0.871. The van der Waals surface area contributed by atoms with Gasteiger partial charge in [-0.3, -0.25) is 9.78 Å². The predicted molar refractivity (Wildman–Crippen MR) is 85.2 cm³/mol. The summed E-state index contributed by atoms with van der Waals surface area (Å²) in [4.78, 5) is 18.3. The fourth-order valence-electron chi connectivity index (χ4n) is 2.66. The summed E-state index contributed by atoms with van der Waals surface area (Å²) < 4.78 is 5.59. The van der Waals surface area contributed by atoms with Crippen LogP contribution < -0.4 is 4.74 Å². The SMILES string of the molecule is CN(CCc1ccncc1)C(=O)c1ccc2c(c1)CCCO2. The molecule has 1 amide bonds. The second-order valence-electron chi connectivity index (χ2n) is 5.61. The molecule has 0 unspecified atom stereocenters. The number of hydrogen-bond acceptors (Lipinski definition) is 3. The molecule has 4 nitrogen and oxygen atoms in total. The average Bonchev–Trinajstić information content (AvgIpc) is 2.59. The van der Waals surface area contributed by atoms with Crippen LogP contribution in [0.3, 0.4) is 0 Å². The number of hydrogen-bond donors (Lipinski definition) is 0. The fourth-order valence-corrected chi connectivity index (χ4v) is 2.66. The maximum absolute atomic E-state index is 12.5. The molecule has 2 aromatic rings. The van der Waals surface area contributed by atoms with Crippen molar-refractivity contribution in [1.82, 2.24) is 9.88 Å². The summed E-state index contributed by atoms with van der Waals surface area (Å²) in [5.74, 6) is 0.977. The molecule has 1 aliphatic heterocycles. The van der Waals surface area contributed by atoms with E-state index in [9.17, 15) is 4.79 Å². The van der Waals surface area contributed by atoms with Crippen molar-refractivity contribution in [2.45, 2.75) is 19.3 Å². The monoisotopic (exact) mass is 296 g/mol. The largest absolute Gasteiger partial charge is 0.493 e. The number of nitrogens with zero attached hydrogens (tertiary/aromatic N) is 2. The molecule has 3 rings (SSSR count). The van der Waals surface area contributed by atoms with E-state index in [1.165, 1.54) is 5.56 Å². The molecule has 0 saturated carbocycles. The van der Waals surface area contributed by atoms with E-state index in [0.717, 1.165) is 42.7 Å². The number of likely N-dealkylation sites (N-methyl/N-ethyl adjacent to an activating group) is 1. The number of carbonyl (C=O) groups is 1. The van der Waals surface area contributed by atoms with Crippen LogP contribution in [0.2, 0.25) is 0 Å². The second-order valence-corrected chi connectivity index (χ2v) is 5.61. The highest BCUT2D eigenvalue weighted by Crippen LogP contribution is 2.25. The van der Waals surface area contributed by atoms with Gasteiger partial charge in [-0.1, -0.05) is 0 Å². The first kappa shape index (κ1) is 14.6. The summed E-state index contributed by atoms with van der Waals surface area (Å²) in [6.45, 7) is 1.46. The first-order chi connectivity index (χ1) is 10.7. The highest BCUT2D eigenvalue weighted by molar-refractivity contribution is 5.94. The van der Waals surface area contributed by atoms with Crippen LogP contribution in [0.5, 0.6) is 5.75 Å². The molecule has 0 spiro atoms. The number of pyridine rings is 1. The first-order valence-corrected chi connectivity index (χ1v) is 7.64. The van der Waals surface area contributed by atoms with E-state index in [1.54, 1.807) is 17.3 Å². The van der Waals surface area contributed by atoms with Crippen molar-refractivity contribution in [2.24, 2.45) is 0 Å². The third-order valence-corrected chi connectivity index (χ3v) is 3.99. The molecule has 114 valence electrons. The van der Waals surface area contributed by atoms with Crippen LogP contribution >= 0.6 is 0 Å². The Kier molecular flexibility index (Phi) is 4.37. The molecule has 1 aliphatic rings. The summed E-state index contributed by atoms with van der Waals surface area (Å²) in [7, 11) is 1.85. The summed E-state index contributed by atoms with van der Waals surface area (Å²) in [5, 5.41) is 0. The molecule has 1 aromatic carbocycles. The van der Waals surface area contributed by atoms with Crippen LogP contribution in [-0.4, -0.2) is 36.0 Å². The average molecular weight is 296 g/mol. The fraction of sp³-hybridized carbons (Fsp3) is 0.333. The number of benzene rings is 1. The van der Waals surface area contributed by atoms with Crippen molar-refractivity contribution in [2.75, 3.05) is 20.2 Å². The highest BCUT2D eigenvalue weighted by atomic mass is 16.5. The van der Waals surface area contributed by atoms with Crippen LogP contribution in [0, 0.1) is 0 Å². The zero-order valence-electron chi connectivity index (χ0n) is 12.8. The summed E-state index contributed by atoms with van der Waals surface area (Å²) in [5.41, 5.74) is 3.06. The van der Waals surface area contributed by atoms with E-state index in [2.05, 4.69) is 4.98 Å². The topological polar surface area (TPSA) is 42.4 Å². The number of aromatic nitrogens is 1. The van der Waals surface area contributed by atoms with Crippen molar-refractivity contribution in [3.63, 3.8) is 0 Å². The standard InChI is InChI=1S/C18H20N2O2/c1-20(11-8-14-6-9-19-10-7-14)18(21)16-4-5-17-15(13-16)3-2-12-22-17/h4-7,9-10,13H,2-3,8,11-12H2,1H3. The lowest BCUT2D eigenvalue weighted by Crippen LogP contribution is -2.29. The van der Waals surface area contributed by atoms with Gasteiger partial charge in [0.25, 0.3) is 5.91 Å². The van der Waals surface area contributed by atoms with Gasteiger partial charge in [-0.15, -0.1) is 0 Å². The van der Waals surface area contributed by atoms with Crippen molar-refractivity contribution in [3.05, 3.63) is 59.4 Å². The Morgan fingerprint density at radius 1 is 1.27 bits per heavy atom. The molecule has 0 bridgehead atoms. The van der Waals surface area contributed by atoms with Crippen molar-refractivity contribution < 1.29 is 9.53 Å². The minimum Gasteiger partial charge on any atom is -0.493 e. The van der Waals surface area contributed by atoms with Crippen LogP contribution in [-0.2, 0) is 12.8 Å². The van der Waals surface area contributed by atoms with E-state index in [1.807, 2.05) is 37.4 Å². The zero-order valence-corrected chi connectivity index (χ0v) is 12.8. The third-order valence-electron chi connectivity index (χ3n) is 3.99. The van der Waals surface area contributed by atoms with E-state index in [4.69, 9.17) is 4.74 Å². The molecule has 2 heterocycles. The number of rotatable bonds is 4. The van der Waals surface area contributed by atoms with Gasteiger partial charge in [-0.2, -0.15) is 0 Å². The Labute approximate surface area is 130 Å². The van der Waals surface area contributed by atoms with Gasteiger partial charge in [-0.25, -0.2) is 0 Å². The molecule has 0 saturated heterocycles. The summed E-state index contributed by atoms with van der Waals surface area (Å²) >= 11 is 0. The molecule has 0 atom stereocenters. The van der Waals surface area contributed by atoms with Gasteiger partial charge in [0.2, 0.25) is 0 Å². The van der Waals surface area contributed by atoms with Gasteiger partial charge in [0.15, 0.2) is 0 Å². The molecule has 4 heteroatoms. The molecular weight excluding hydrogens is 276 g/mol. The van der Waals surface area contributed by atoms with Crippen molar-refractivity contribution in [1.29, 1.82) is 0 Å². The Balaban J connectivity index is 1.65. The molecule has 0 N–H and O–H groups in total. The Morgan fingerprint density at radius 2 is 2.09 bits per heavy atom. The van der Waals surface area contributed by atoms with Gasteiger partial charge in [0.05, 0.1) is 6.61 Å². The van der Waals surface area contributed by atoms with Gasteiger partial charge in [0.1, 0.15) is 5.75 Å². The lowest BCUT2D eigenvalue weighted by molar-refractivity contribution is 0.0796. The molecule has 22 heavy (non-hydrogen) atoms. The molecule has 0 radical (unpaired) electrons. The van der Waals surface area contributed by atoms with E-state index >= 15 is 0 Å². The van der Waals surface area contributed by atoms with E-state index in [0.29, 0.717) is 6.54 Å². The second kappa shape index (κ2) is 6.60. The van der Waals surface area contributed by atoms with Gasteiger partial charge in [-0.05, 0) is 60.7 Å². The Hall–Kier alpha value is -2.36. The summed E-state index contributed by atoms with van der Waals surface area (Å²) in [6, 6.07) is 9.71. The normalized spacial score (nSPS) is 13.1. The van der Waals surface area contributed by atoms with Crippen LogP contribution in [0.25, 0.3) is 0 Å². The van der Waals surface area contributed by atoms with Crippen LogP contribution in [0.15, 0.2) is 42.7 Å². The minimum absolute atomic E-state index is 0.0578. The number of aryl methyl sites for hydroxylation is 1. The molecule has 0 fully saturated rings. The Morgan fingerprint density at radius 3 is 2.91 bits per heavy atom. The van der Waals surface area contributed by atoms with Crippen molar-refractivity contribution in [3.8, 4) is 5.75 Å². The minimum atomic E-state index is 0.0578. The third kappa shape index (κ3) is 3.27. The predicted octanol–water partition coefficient (Wildman–Crippen LogP) is 2.72. The number of amides is 1. The number of ether oxygens (including phenoxy) is 1. The molecular formula is C18H20N2O2. The smallest absolute Gasteiger partial charge is 0.253 e. The zero-order chi connectivity index (χ0) is 15.4. The number of fused-ring (bicyclic) bond motifs is 1. The summed E-state index contributed by atoms with van der Waals surface area (Å²) in [6.07, 6.45) is 6.39. The maximum atomic E-state index is 12.5. The maximum Gasteiger partial charge on any atom is 0.253 e. The molecule has 1 aromatic heterocycles.